The van der Waals surface area contributed by atoms with Crippen LogP contribution in [-0.2, 0) is 0 Å². The highest BCUT2D eigenvalue weighted by Crippen LogP contribution is 2.24. The molecular formula is C18H23NO2. The summed E-state index contributed by atoms with van der Waals surface area (Å²) < 4.78 is 0. The fourth-order valence-corrected chi connectivity index (χ4v) is 2.91. The Labute approximate surface area is 126 Å². The first kappa shape index (κ1) is 15.6. The second-order valence-electron chi connectivity index (χ2n) is 5.89. The molecule has 112 valence electrons. The molecule has 1 saturated carbocycles. The molecule has 0 radical (unpaired) electrons. The maximum absolute atomic E-state index is 12.4. The molecule has 1 aliphatic rings. The Balaban J connectivity index is 2.13. The number of aliphatic hydroxyl groups excluding tert-OH is 1. The zero-order valence-electron chi connectivity index (χ0n) is 12.8. The summed E-state index contributed by atoms with van der Waals surface area (Å²) in [5.74, 6) is 6.00. The number of nitrogens with one attached hydrogen (secondary N) is 1. The molecule has 1 aromatic carbocycles. The quantitative estimate of drug-likeness (QED) is 0.821. The topological polar surface area (TPSA) is 49.3 Å². The van der Waals surface area contributed by atoms with Gasteiger partial charge in [-0.3, -0.25) is 4.79 Å². The van der Waals surface area contributed by atoms with E-state index in [4.69, 9.17) is 5.11 Å². The molecule has 0 bridgehead atoms. The van der Waals surface area contributed by atoms with Crippen LogP contribution in [0.2, 0.25) is 0 Å². The van der Waals surface area contributed by atoms with Crippen molar-refractivity contribution in [1.82, 2.24) is 5.32 Å². The molecule has 0 aliphatic heterocycles. The fourth-order valence-electron chi connectivity index (χ4n) is 2.91. The van der Waals surface area contributed by atoms with Crippen LogP contribution in [0.1, 0.15) is 54.1 Å². The molecule has 0 heterocycles. The molecule has 0 saturated heterocycles. The summed E-state index contributed by atoms with van der Waals surface area (Å²) in [6, 6.07) is 5.87. The summed E-state index contributed by atoms with van der Waals surface area (Å²) in [5.41, 5.74) is 2.42. The third-order valence-corrected chi connectivity index (χ3v) is 4.08. The molecule has 2 rings (SSSR count). The van der Waals surface area contributed by atoms with Gasteiger partial charge in [-0.2, -0.15) is 0 Å². The van der Waals surface area contributed by atoms with Crippen molar-refractivity contribution in [2.75, 3.05) is 6.61 Å². The number of carbonyl (C=O) groups is 1. The average Bonchev–Trinajstić information content (AvgIpc) is 2.47. The highest BCUT2D eigenvalue weighted by atomic mass is 16.2. The van der Waals surface area contributed by atoms with Crippen LogP contribution in [0.3, 0.4) is 0 Å². The van der Waals surface area contributed by atoms with Crippen LogP contribution >= 0.6 is 0 Å². The zero-order chi connectivity index (χ0) is 15.2. The minimum Gasteiger partial charge on any atom is -0.384 e. The van der Waals surface area contributed by atoms with Crippen molar-refractivity contribution in [1.29, 1.82) is 0 Å². The molecule has 2 atom stereocenters. The van der Waals surface area contributed by atoms with Crippen molar-refractivity contribution < 1.29 is 9.90 Å². The highest BCUT2D eigenvalue weighted by molar-refractivity contribution is 5.95. The van der Waals surface area contributed by atoms with Crippen LogP contribution in [0.4, 0.5) is 0 Å². The molecule has 21 heavy (non-hydrogen) atoms. The van der Waals surface area contributed by atoms with Crippen LogP contribution in [0, 0.1) is 24.7 Å². The Bertz CT molecular complexity index is 568. The van der Waals surface area contributed by atoms with E-state index in [9.17, 15) is 4.79 Å². The Kier molecular flexibility index (Phi) is 5.41. The third kappa shape index (κ3) is 4.34. The molecule has 0 spiro atoms. The molecule has 3 nitrogen and oxygen atoms in total. The summed E-state index contributed by atoms with van der Waals surface area (Å²) in [6.45, 7) is 3.98. The molecule has 3 heteroatoms. The number of aryl methyl sites for hydroxylation is 1. The van der Waals surface area contributed by atoms with E-state index in [1.807, 2.05) is 19.1 Å². The van der Waals surface area contributed by atoms with Crippen molar-refractivity contribution in [2.45, 2.75) is 45.6 Å². The third-order valence-electron chi connectivity index (χ3n) is 4.08. The lowest BCUT2D eigenvalue weighted by Crippen LogP contribution is -2.41. The van der Waals surface area contributed by atoms with Gasteiger partial charge in [0.15, 0.2) is 0 Å². The summed E-state index contributed by atoms with van der Waals surface area (Å²) in [4.78, 5) is 12.4. The number of hydrogen-bond acceptors (Lipinski definition) is 2. The second-order valence-corrected chi connectivity index (χ2v) is 5.89. The Morgan fingerprint density at radius 1 is 1.33 bits per heavy atom. The number of benzene rings is 1. The van der Waals surface area contributed by atoms with Gasteiger partial charge in [0.1, 0.15) is 6.61 Å². The standard InChI is InChI=1S/C18H23NO2/c1-13-10-15(7-5-9-20)12-16(11-13)18(21)19-17-8-4-3-6-14(17)2/h10-12,14,17,20H,3-4,6,8-9H2,1-2H3,(H,19,21). The smallest absolute Gasteiger partial charge is 0.251 e. The minimum atomic E-state index is -0.172. The summed E-state index contributed by atoms with van der Waals surface area (Å²) in [7, 11) is 0. The predicted octanol–water partition coefficient (Wildman–Crippen LogP) is 2.65. The van der Waals surface area contributed by atoms with Crippen LogP contribution in [-0.4, -0.2) is 23.7 Å². The predicted molar refractivity (Wildman–Crippen MR) is 84.0 cm³/mol. The van der Waals surface area contributed by atoms with Crippen molar-refractivity contribution in [2.24, 2.45) is 5.92 Å². The van der Waals surface area contributed by atoms with Gasteiger partial charge in [-0.1, -0.05) is 31.6 Å². The number of aliphatic hydroxyl groups is 1. The minimum absolute atomic E-state index is 0.0236. The number of hydrogen-bond donors (Lipinski definition) is 2. The van der Waals surface area contributed by atoms with E-state index in [0.29, 0.717) is 11.5 Å². The van der Waals surface area contributed by atoms with Crippen LogP contribution in [0.15, 0.2) is 18.2 Å². The van der Waals surface area contributed by atoms with E-state index in [1.165, 1.54) is 19.3 Å². The number of carbonyl (C=O) groups excluding carboxylic acids is 1. The second kappa shape index (κ2) is 7.28. The zero-order valence-corrected chi connectivity index (χ0v) is 12.8. The van der Waals surface area contributed by atoms with Crippen LogP contribution in [0.5, 0.6) is 0 Å². The monoisotopic (exact) mass is 285 g/mol. The van der Waals surface area contributed by atoms with Crippen molar-refractivity contribution in [3.8, 4) is 11.8 Å². The molecule has 2 N–H and O–H groups in total. The molecule has 0 aromatic heterocycles. The van der Waals surface area contributed by atoms with E-state index >= 15 is 0 Å². The van der Waals surface area contributed by atoms with Gasteiger partial charge >= 0.3 is 0 Å². The van der Waals surface area contributed by atoms with E-state index in [-0.39, 0.29) is 18.6 Å². The van der Waals surface area contributed by atoms with Gasteiger partial charge in [-0.05, 0) is 49.4 Å². The summed E-state index contributed by atoms with van der Waals surface area (Å²) in [5, 5.41) is 11.9. The van der Waals surface area contributed by atoms with Gasteiger partial charge in [-0.15, -0.1) is 0 Å². The highest BCUT2D eigenvalue weighted by Gasteiger charge is 2.23. The molecule has 1 amide bonds. The number of rotatable bonds is 2. The molecule has 1 aliphatic carbocycles. The molecular weight excluding hydrogens is 262 g/mol. The molecule has 1 fully saturated rings. The number of amides is 1. The van der Waals surface area contributed by atoms with Gasteiger partial charge in [-0.25, -0.2) is 0 Å². The first-order valence-corrected chi connectivity index (χ1v) is 7.62. The SMILES string of the molecule is Cc1cc(C#CCO)cc(C(=O)NC2CCCCC2C)c1. The largest absolute Gasteiger partial charge is 0.384 e. The van der Waals surface area contributed by atoms with Crippen LogP contribution in [0.25, 0.3) is 0 Å². The van der Waals surface area contributed by atoms with Gasteiger partial charge in [0.2, 0.25) is 0 Å². The molecule has 1 aromatic rings. The van der Waals surface area contributed by atoms with Crippen molar-refractivity contribution in [3.05, 3.63) is 34.9 Å². The first-order chi connectivity index (χ1) is 10.1. The normalized spacial score (nSPS) is 21.3. The van der Waals surface area contributed by atoms with Crippen molar-refractivity contribution >= 4 is 5.91 Å². The fraction of sp³-hybridized carbons (Fsp3) is 0.500. The lowest BCUT2D eigenvalue weighted by Gasteiger charge is -2.29. The lowest BCUT2D eigenvalue weighted by molar-refractivity contribution is 0.0910. The van der Waals surface area contributed by atoms with Crippen LogP contribution < -0.4 is 5.32 Å². The van der Waals surface area contributed by atoms with E-state index in [2.05, 4.69) is 24.1 Å². The van der Waals surface area contributed by atoms with E-state index < -0.39 is 0 Å². The lowest BCUT2D eigenvalue weighted by atomic mass is 9.86. The van der Waals surface area contributed by atoms with Gasteiger partial charge in [0.25, 0.3) is 5.91 Å². The Hall–Kier alpha value is -1.79. The maximum atomic E-state index is 12.4. The van der Waals surface area contributed by atoms with Gasteiger partial charge in [0, 0.05) is 17.2 Å². The average molecular weight is 285 g/mol. The van der Waals surface area contributed by atoms with Crippen molar-refractivity contribution in [3.63, 3.8) is 0 Å². The summed E-state index contributed by atoms with van der Waals surface area (Å²) >= 11 is 0. The first-order valence-electron chi connectivity index (χ1n) is 7.62. The molecule has 2 unspecified atom stereocenters. The maximum Gasteiger partial charge on any atom is 0.251 e. The summed E-state index contributed by atoms with van der Waals surface area (Å²) in [6.07, 6.45) is 4.71. The Morgan fingerprint density at radius 3 is 2.81 bits per heavy atom. The Morgan fingerprint density at radius 2 is 2.10 bits per heavy atom. The van der Waals surface area contributed by atoms with Gasteiger partial charge < -0.3 is 10.4 Å². The van der Waals surface area contributed by atoms with Gasteiger partial charge in [0.05, 0.1) is 0 Å². The van der Waals surface area contributed by atoms with E-state index in [1.54, 1.807) is 6.07 Å². The van der Waals surface area contributed by atoms with E-state index in [0.717, 1.165) is 17.5 Å².